The molecule has 3 amide bonds. The molecule has 2 atom stereocenters. The number of terminal acetylenes is 1. The maximum absolute atomic E-state index is 14.0. The molecule has 0 heterocycles. The molecule has 0 aliphatic carbocycles. The van der Waals surface area contributed by atoms with Crippen LogP contribution in [0.5, 0.6) is 0 Å². The zero-order chi connectivity index (χ0) is 29.0. The zero-order valence-corrected chi connectivity index (χ0v) is 23.9. The smallest absolute Gasteiger partial charge is 0.408 e. The molecule has 0 bridgehead atoms. The lowest BCUT2D eigenvalue weighted by molar-refractivity contribution is -0.145. The van der Waals surface area contributed by atoms with Crippen LogP contribution in [0.1, 0.15) is 85.4 Å². The highest BCUT2D eigenvalue weighted by molar-refractivity contribution is 5.92. The Hall–Kier alpha value is -3.54. The van der Waals surface area contributed by atoms with Gasteiger partial charge in [-0.25, -0.2) is 4.79 Å². The Morgan fingerprint density at radius 3 is 2.13 bits per heavy atom. The number of ether oxygens (including phenoxy) is 2. The lowest BCUT2D eigenvalue weighted by atomic mass is 9.97. The van der Waals surface area contributed by atoms with Gasteiger partial charge in [0, 0.05) is 18.2 Å². The molecule has 9 heteroatoms. The van der Waals surface area contributed by atoms with Crippen LogP contribution in [-0.4, -0.2) is 59.6 Å². The first kappa shape index (κ1) is 32.5. The molecule has 1 aromatic carbocycles. The molecule has 0 aliphatic rings. The van der Waals surface area contributed by atoms with E-state index in [1.807, 2.05) is 13.8 Å². The Kier molecular flexibility index (Phi) is 12.8. The summed E-state index contributed by atoms with van der Waals surface area (Å²) in [5, 5.41) is 5.46. The van der Waals surface area contributed by atoms with E-state index in [1.165, 1.54) is 4.90 Å². The standard InChI is InChI=1S/C29H43N3O6/c1-10-21-12-14-22(15-13-21)25(26(34)30-17-16-24(33)37-11-2)32(20(5)6)27(35)23(18-19(3)4)31-28(36)38-29(7,8)9/h1,12-15,19-20,23,25H,11,16-18H2,2-9H3,(H,30,34)(H,31,36). The molecule has 0 spiro atoms. The summed E-state index contributed by atoms with van der Waals surface area (Å²) in [5.74, 6) is 1.29. The number of benzene rings is 1. The number of hydrogen-bond donors (Lipinski definition) is 2. The number of carbonyl (C=O) groups is 4. The number of amides is 3. The van der Waals surface area contributed by atoms with Crippen molar-refractivity contribution < 1.29 is 28.7 Å². The minimum Gasteiger partial charge on any atom is -0.466 e. The highest BCUT2D eigenvalue weighted by Gasteiger charge is 2.38. The van der Waals surface area contributed by atoms with Gasteiger partial charge in [0.05, 0.1) is 13.0 Å². The molecular weight excluding hydrogens is 486 g/mol. The largest absolute Gasteiger partial charge is 0.466 e. The average molecular weight is 530 g/mol. The molecule has 0 aromatic heterocycles. The number of esters is 1. The Labute approximate surface area is 227 Å². The van der Waals surface area contributed by atoms with E-state index in [2.05, 4.69) is 16.6 Å². The predicted octanol–water partition coefficient (Wildman–Crippen LogP) is 3.95. The van der Waals surface area contributed by atoms with E-state index in [0.717, 1.165) is 0 Å². The second-order valence-corrected chi connectivity index (χ2v) is 10.7. The topological polar surface area (TPSA) is 114 Å². The van der Waals surface area contributed by atoms with Crippen LogP contribution in [0.3, 0.4) is 0 Å². The van der Waals surface area contributed by atoms with Crippen LogP contribution in [0.15, 0.2) is 24.3 Å². The molecule has 0 radical (unpaired) electrons. The Morgan fingerprint density at radius 1 is 1.05 bits per heavy atom. The monoisotopic (exact) mass is 529 g/mol. The molecule has 2 unspecified atom stereocenters. The third kappa shape index (κ3) is 10.8. The van der Waals surface area contributed by atoms with E-state index >= 15 is 0 Å². The van der Waals surface area contributed by atoms with Crippen molar-refractivity contribution in [1.29, 1.82) is 0 Å². The van der Waals surface area contributed by atoms with Crippen molar-refractivity contribution in [3.05, 3.63) is 35.4 Å². The normalized spacial score (nSPS) is 12.8. The highest BCUT2D eigenvalue weighted by atomic mass is 16.6. The first-order chi connectivity index (χ1) is 17.7. The van der Waals surface area contributed by atoms with Crippen molar-refractivity contribution in [2.24, 2.45) is 5.92 Å². The van der Waals surface area contributed by atoms with Crippen molar-refractivity contribution in [3.8, 4) is 12.3 Å². The van der Waals surface area contributed by atoms with Crippen LogP contribution in [-0.2, 0) is 23.9 Å². The Bertz CT molecular complexity index is 989. The van der Waals surface area contributed by atoms with Gasteiger partial charge < -0.3 is 25.0 Å². The van der Waals surface area contributed by atoms with Crippen LogP contribution >= 0.6 is 0 Å². The molecule has 1 rings (SSSR count). The van der Waals surface area contributed by atoms with Gasteiger partial charge in [0.1, 0.15) is 17.7 Å². The van der Waals surface area contributed by atoms with Crippen LogP contribution in [0, 0.1) is 18.3 Å². The number of nitrogens with one attached hydrogen (secondary N) is 2. The van der Waals surface area contributed by atoms with Gasteiger partial charge in [-0.15, -0.1) is 6.42 Å². The first-order valence-corrected chi connectivity index (χ1v) is 13.0. The summed E-state index contributed by atoms with van der Waals surface area (Å²) in [6, 6.07) is 4.42. The summed E-state index contributed by atoms with van der Waals surface area (Å²) >= 11 is 0. The third-order valence-corrected chi connectivity index (χ3v) is 5.36. The Balaban J connectivity index is 3.40. The van der Waals surface area contributed by atoms with Crippen molar-refractivity contribution in [2.45, 2.75) is 92.0 Å². The minimum absolute atomic E-state index is 0.00582. The van der Waals surface area contributed by atoms with Crippen LogP contribution in [0.4, 0.5) is 4.79 Å². The fourth-order valence-electron chi connectivity index (χ4n) is 3.82. The Morgan fingerprint density at radius 2 is 1.66 bits per heavy atom. The molecule has 1 aromatic rings. The molecule has 9 nitrogen and oxygen atoms in total. The van der Waals surface area contributed by atoms with Crippen molar-refractivity contribution in [2.75, 3.05) is 13.2 Å². The summed E-state index contributed by atoms with van der Waals surface area (Å²) in [5.41, 5.74) is 0.426. The van der Waals surface area contributed by atoms with Gasteiger partial charge in [0.2, 0.25) is 11.8 Å². The van der Waals surface area contributed by atoms with E-state index < -0.39 is 47.6 Å². The second-order valence-electron chi connectivity index (χ2n) is 10.7. The molecule has 210 valence electrons. The van der Waals surface area contributed by atoms with E-state index in [4.69, 9.17) is 15.9 Å². The average Bonchev–Trinajstić information content (AvgIpc) is 2.80. The van der Waals surface area contributed by atoms with E-state index in [1.54, 1.807) is 65.8 Å². The van der Waals surface area contributed by atoms with Gasteiger partial charge in [0.25, 0.3) is 0 Å². The number of alkyl carbamates (subject to hydrolysis) is 1. The maximum Gasteiger partial charge on any atom is 0.408 e. The van der Waals surface area contributed by atoms with E-state index in [9.17, 15) is 19.2 Å². The quantitative estimate of drug-likeness (QED) is 0.313. The van der Waals surface area contributed by atoms with Gasteiger partial charge in [-0.05, 0) is 71.6 Å². The highest BCUT2D eigenvalue weighted by Crippen LogP contribution is 2.26. The molecule has 0 aliphatic heterocycles. The maximum atomic E-state index is 14.0. The molecule has 0 fully saturated rings. The van der Waals surface area contributed by atoms with E-state index in [0.29, 0.717) is 17.5 Å². The van der Waals surface area contributed by atoms with Crippen molar-refractivity contribution in [3.63, 3.8) is 0 Å². The number of nitrogens with zero attached hydrogens (tertiary/aromatic N) is 1. The third-order valence-electron chi connectivity index (χ3n) is 5.36. The molecule has 38 heavy (non-hydrogen) atoms. The van der Waals surface area contributed by atoms with Crippen LogP contribution < -0.4 is 10.6 Å². The molecule has 0 saturated heterocycles. The molecule has 2 N–H and O–H groups in total. The summed E-state index contributed by atoms with van der Waals surface area (Å²) in [4.78, 5) is 53.4. The number of carbonyl (C=O) groups excluding carboxylic acids is 4. The molecule has 0 saturated carbocycles. The van der Waals surface area contributed by atoms with Crippen molar-refractivity contribution >= 4 is 23.9 Å². The van der Waals surface area contributed by atoms with Gasteiger partial charge in [-0.1, -0.05) is 31.9 Å². The second kappa shape index (κ2) is 15.0. The van der Waals surface area contributed by atoms with Crippen LogP contribution in [0.25, 0.3) is 0 Å². The summed E-state index contributed by atoms with van der Waals surface area (Å²) in [7, 11) is 0. The van der Waals surface area contributed by atoms with Gasteiger partial charge >= 0.3 is 12.1 Å². The van der Waals surface area contributed by atoms with Gasteiger partial charge in [0.15, 0.2) is 0 Å². The summed E-state index contributed by atoms with van der Waals surface area (Å²) in [6.45, 7) is 14.7. The van der Waals surface area contributed by atoms with Gasteiger partial charge in [-0.3, -0.25) is 14.4 Å². The fourth-order valence-corrected chi connectivity index (χ4v) is 3.82. The number of hydrogen-bond acceptors (Lipinski definition) is 6. The SMILES string of the molecule is C#Cc1ccc(C(C(=O)NCCC(=O)OCC)N(C(=O)C(CC(C)C)NC(=O)OC(C)(C)C)C(C)C)cc1. The lowest BCUT2D eigenvalue weighted by Gasteiger charge is -2.37. The number of rotatable bonds is 12. The zero-order valence-electron chi connectivity index (χ0n) is 23.9. The minimum atomic E-state index is -1.04. The van der Waals surface area contributed by atoms with Gasteiger partial charge in [-0.2, -0.15) is 0 Å². The summed E-state index contributed by atoms with van der Waals surface area (Å²) < 4.78 is 10.3. The van der Waals surface area contributed by atoms with Crippen LogP contribution in [0.2, 0.25) is 0 Å². The fraction of sp³-hybridized carbons (Fsp3) is 0.586. The lowest BCUT2D eigenvalue weighted by Crippen LogP contribution is -2.55. The first-order valence-electron chi connectivity index (χ1n) is 13.0. The van der Waals surface area contributed by atoms with E-state index in [-0.39, 0.29) is 25.5 Å². The van der Waals surface area contributed by atoms with Crippen molar-refractivity contribution in [1.82, 2.24) is 15.5 Å². The molecular formula is C29H43N3O6. The summed E-state index contributed by atoms with van der Waals surface area (Å²) in [6.07, 6.45) is 5.12. The predicted molar refractivity (Wildman–Crippen MR) is 146 cm³/mol.